The number of carbonyl (C=O) groups excluding carboxylic acids is 2. The molecule has 1 amide bonds. The minimum atomic E-state index is -0.0718. The van der Waals surface area contributed by atoms with Crippen LogP contribution in [0.1, 0.15) is 17.9 Å². The molecule has 0 bridgehead atoms. The van der Waals surface area contributed by atoms with Crippen molar-refractivity contribution in [2.75, 3.05) is 6.54 Å². The molecule has 1 atom stereocenters. The van der Waals surface area contributed by atoms with Crippen LogP contribution in [0.25, 0.3) is 0 Å². The van der Waals surface area contributed by atoms with Gasteiger partial charge in [0, 0.05) is 18.9 Å². The van der Waals surface area contributed by atoms with Crippen LogP contribution in [0.5, 0.6) is 0 Å². The fourth-order valence-corrected chi connectivity index (χ4v) is 1.72. The molecule has 1 N–H and O–H groups in total. The summed E-state index contributed by atoms with van der Waals surface area (Å²) in [4.78, 5) is 20.7. The highest BCUT2D eigenvalue weighted by Crippen LogP contribution is 2.27. The number of hydrogen-bond donors (Lipinski definition) is 1. The Hall–Kier alpha value is -1.06. The van der Waals surface area contributed by atoms with E-state index in [9.17, 15) is 9.59 Å². The first kappa shape index (κ1) is 13.0. The molecule has 0 aliphatic carbocycles. The number of benzene rings is 1. The fourth-order valence-electron chi connectivity index (χ4n) is 1.41. The van der Waals surface area contributed by atoms with Crippen LogP contribution in [-0.4, -0.2) is 19.2 Å². The molecule has 0 aliphatic rings. The second-order valence-electron chi connectivity index (χ2n) is 3.30. The van der Waals surface area contributed by atoms with E-state index in [0.717, 1.165) is 11.8 Å². The zero-order valence-corrected chi connectivity index (χ0v) is 9.96. The summed E-state index contributed by atoms with van der Waals surface area (Å²) in [7, 11) is 0. The lowest BCUT2D eigenvalue weighted by Gasteiger charge is -2.14. The zero-order chi connectivity index (χ0) is 12.0. The van der Waals surface area contributed by atoms with Crippen molar-refractivity contribution in [3.8, 4) is 0 Å². The SMILES string of the molecule is O=CC[C@H](CNC=O)c1ccc(Cl)c(Cl)c1. The van der Waals surface area contributed by atoms with Gasteiger partial charge in [0.2, 0.25) is 6.41 Å². The Morgan fingerprint density at radius 3 is 2.56 bits per heavy atom. The maximum absolute atomic E-state index is 10.5. The van der Waals surface area contributed by atoms with Gasteiger partial charge in [0.15, 0.2) is 0 Å². The standard InChI is InChI=1S/C11H11Cl2NO2/c12-10-2-1-8(5-11(10)13)9(3-4-15)6-14-7-16/h1-2,4-5,7,9H,3,6H2,(H,14,16)/t9-/m1/s1. The number of aldehydes is 1. The lowest BCUT2D eigenvalue weighted by Crippen LogP contribution is -2.20. The molecule has 86 valence electrons. The van der Waals surface area contributed by atoms with Gasteiger partial charge in [-0.1, -0.05) is 29.3 Å². The number of rotatable bonds is 6. The molecule has 0 heterocycles. The normalized spacial score (nSPS) is 11.9. The van der Waals surface area contributed by atoms with Crippen molar-refractivity contribution in [1.82, 2.24) is 5.32 Å². The molecular weight excluding hydrogens is 249 g/mol. The third-order valence-corrected chi connectivity index (χ3v) is 2.98. The van der Waals surface area contributed by atoms with E-state index in [0.29, 0.717) is 29.4 Å². The van der Waals surface area contributed by atoms with Crippen LogP contribution >= 0.6 is 23.2 Å². The van der Waals surface area contributed by atoms with E-state index in [-0.39, 0.29) is 5.92 Å². The molecule has 1 aromatic carbocycles. The van der Waals surface area contributed by atoms with Gasteiger partial charge >= 0.3 is 0 Å². The third-order valence-electron chi connectivity index (χ3n) is 2.24. The van der Waals surface area contributed by atoms with Crippen LogP contribution in [0.3, 0.4) is 0 Å². The monoisotopic (exact) mass is 259 g/mol. The number of amides is 1. The Labute approximate surface area is 104 Å². The van der Waals surface area contributed by atoms with Gasteiger partial charge < -0.3 is 10.1 Å². The molecule has 0 unspecified atom stereocenters. The minimum Gasteiger partial charge on any atom is -0.358 e. The molecule has 0 aliphatic heterocycles. The fraction of sp³-hybridized carbons (Fsp3) is 0.273. The quantitative estimate of drug-likeness (QED) is 0.798. The molecule has 0 aromatic heterocycles. The van der Waals surface area contributed by atoms with E-state index < -0.39 is 0 Å². The van der Waals surface area contributed by atoms with E-state index in [4.69, 9.17) is 23.2 Å². The highest BCUT2D eigenvalue weighted by molar-refractivity contribution is 6.42. The van der Waals surface area contributed by atoms with Crippen LogP contribution in [0.4, 0.5) is 0 Å². The summed E-state index contributed by atoms with van der Waals surface area (Å²) in [6, 6.07) is 5.19. The van der Waals surface area contributed by atoms with Gasteiger partial charge in [-0.05, 0) is 17.7 Å². The Balaban J connectivity index is 2.86. The molecule has 1 rings (SSSR count). The Morgan fingerprint density at radius 2 is 2.00 bits per heavy atom. The van der Waals surface area contributed by atoms with Crippen molar-refractivity contribution in [2.45, 2.75) is 12.3 Å². The largest absolute Gasteiger partial charge is 0.358 e. The smallest absolute Gasteiger partial charge is 0.207 e. The maximum atomic E-state index is 10.5. The van der Waals surface area contributed by atoms with E-state index in [1.165, 1.54) is 0 Å². The topological polar surface area (TPSA) is 46.2 Å². The lowest BCUT2D eigenvalue weighted by molar-refractivity contribution is -0.110. The molecule has 3 nitrogen and oxygen atoms in total. The van der Waals surface area contributed by atoms with Crippen molar-refractivity contribution in [2.24, 2.45) is 0 Å². The Morgan fingerprint density at radius 1 is 1.25 bits per heavy atom. The molecule has 0 saturated heterocycles. The molecular formula is C11H11Cl2NO2. The molecule has 0 fully saturated rings. The summed E-state index contributed by atoms with van der Waals surface area (Å²) >= 11 is 11.7. The number of nitrogens with one attached hydrogen (secondary N) is 1. The lowest BCUT2D eigenvalue weighted by atomic mass is 9.96. The predicted octanol–water partition coefficient (Wildman–Crippen LogP) is 2.41. The van der Waals surface area contributed by atoms with Crippen molar-refractivity contribution in [3.05, 3.63) is 33.8 Å². The van der Waals surface area contributed by atoms with Gasteiger partial charge in [-0.25, -0.2) is 0 Å². The molecule has 1 aromatic rings. The first-order valence-corrected chi connectivity index (χ1v) is 5.50. The minimum absolute atomic E-state index is 0.0718. The van der Waals surface area contributed by atoms with E-state index in [1.807, 2.05) is 0 Å². The molecule has 16 heavy (non-hydrogen) atoms. The van der Waals surface area contributed by atoms with Crippen LogP contribution < -0.4 is 5.32 Å². The summed E-state index contributed by atoms with van der Waals surface area (Å²) in [5, 5.41) is 3.47. The van der Waals surface area contributed by atoms with Crippen LogP contribution in [0.2, 0.25) is 10.0 Å². The second kappa shape index (κ2) is 6.51. The highest BCUT2D eigenvalue weighted by Gasteiger charge is 2.12. The van der Waals surface area contributed by atoms with Crippen molar-refractivity contribution < 1.29 is 9.59 Å². The number of hydrogen-bond acceptors (Lipinski definition) is 2. The summed E-state index contributed by atoms with van der Waals surface area (Å²) in [5.41, 5.74) is 0.885. The van der Waals surface area contributed by atoms with Gasteiger partial charge in [0.1, 0.15) is 6.29 Å². The number of halogens is 2. The van der Waals surface area contributed by atoms with Crippen LogP contribution in [0, 0.1) is 0 Å². The van der Waals surface area contributed by atoms with Gasteiger partial charge in [0.05, 0.1) is 10.0 Å². The Kier molecular flexibility index (Phi) is 5.29. The number of carbonyl (C=O) groups is 2. The average molecular weight is 260 g/mol. The van der Waals surface area contributed by atoms with Gasteiger partial charge in [-0.3, -0.25) is 4.79 Å². The summed E-state index contributed by atoms with van der Waals surface area (Å²) < 4.78 is 0. The van der Waals surface area contributed by atoms with Gasteiger partial charge in [-0.2, -0.15) is 0 Å². The summed E-state index contributed by atoms with van der Waals surface area (Å²) in [6.07, 6.45) is 1.76. The van der Waals surface area contributed by atoms with Crippen molar-refractivity contribution >= 4 is 35.9 Å². The van der Waals surface area contributed by atoms with Gasteiger partial charge in [-0.15, -0.1) is 0 Å². The summed E-state index contributed by atoms with van der Waals surface area (Å²) in [5.74, 6) is -0.0718. The van der Waals surface area contributed by atoms with Crippen molar-refractivity contribution in [3.63, 3.8) is 0 Å². The highest BCUT2D eigenvalue weighted by atomic mass is 35.5. The van der Waals surface area contributed by atoms with Crippen LogP contribution in [-0.2, 0) is 9.59 Å². The third kappa shape index (κ3) is 3.51. The van der Waals surface area contributed by atoms with E-state index in [2.05, 4.69) is 5.32 Å². The maximum Gasteiger partial charge on any atom is 0.207 e. The van der Waals surface area contributed by atoms with Crippen LogP contribution in [0.15, 0.2) is 18.2 Å². The molecule has 0 radical (unpaired) electrons. The average Bonchev–Trinajstić information content (AvgIpc) is 2.28. The molecule has 0 saturated carbocycles. The first-order chi connectivity index (χ1) is 7.69. The van der Waals surface area contributed by atoms with E-state index in [1.54, 1.807) is 18.2 Å². The molecule has 5 heteroatoms. The second-order valence-corrected chi connectivity index (χ2v) is 4.11. The van der Waals surface area contributed by atoms with Gasteiger partial charge in [0.25, 0.3) is 0 Å². The Bertz CT molecular complexity index is 382. The summed E-state index contributed by atoms with van der Waals surface area (Å²) in [6.45, 7) is 0.403. The first-order valence-electron chi connectivity index (χ1n) is 4.74. The van der Waals surface area contributed by atoms with Crippen molar-refractivity contribution in [1.29, 1.82) is 0 Å². The van der Waals surface area contributed by atoms with E-state index >= 15 is 0 Å². The predicted molar refractivity (Wildman–Crippen MR) is 64.0 cm³/mol. The molecule has 0 spiro atoms. The zero-order valence-electron chi connectivity index (χ0n) is 8.45.